The van der Waals surface area contributed by atoms with Crippen LogP contribution in [-0.4, -0.2) is 46.0 Å². The molecule has 0 spiro atoms. The zero-order valence-corrected chi connectivity index (χ0v) is 13.4. The number of hydrogen-bond donors (Lipinski definition) is 4. The molecule has 1 saturated heterocycles. The monoisotopic (exact) mass is 421 g/mol. The average Bonchev–Trinajstić information content (AvgIpc) is 2.43. The lowest BCUT2D eigenvalue weighted by molar-refractivity contribution is -0.430. The zero-order chi connectivity index (χ0) is 15.3. The first-order chi connectivity index (χ1) is 9.90. The van der Waals surface area contributed by atoms with Gasteiger partial charge in [0.25, 0.3) is 11.6 Å². The van der Waals surface area contributed by atoms with Gasteiger partial charge in [0.15, 0.2) is 6.04 Å². The molecule has 2 heterocycles. The number of nitrogens with one attached hydrogen (secondary N) is 3. The van der Waals surface area contributed by atoms with E-state index in [1.165, 1.54) is 0 Å². The molecule has 112 valence electrons. The van der Waals surface area contributed by atoms with Crippen LogP contribution in [0.15, 0.2) is 25.7 Å². The minimum absolute atomic E-state index is 0.0357. The molecule has 0 bridgehead atoms. The second-order valence-electron chi connectivity index (χ2n) is 4.64. The lowest BCUT2D eigenvalue weighted by atomic mass is 9.93. The number of halogens is 2. The largest absolute Gasteiger partial charge is 0.375 e. The molecular weight excluding hydrogens is 414 g/mol. The summed E-state index contributed by atoms with van der Waals surface area (Å²) in [6.45, 7) is 0. The Hall–Kier alpha value is -1.14. The quantitative estimate of drug-likeness (QED) is 0.325. The van der Waals surface area contributed by atoms with Crippen LogP contribution in [-0.2, 0) is 4.79 Å². The summed E-state index contributed by atoms with van der Waals surface area (Å²) in [5.41, 5.74) is 4.55. The van der Waals surface area contributed by atoms with E-state index in [0.717, 1.165) is 0 Å². The summed E-state index contributed by atoms with van der Waals surface area (Å²) in [6.07, 6.45) is 0.643. The van der Waals surface area contributed by atoms with Gasteiger partial charge in [0.2, 0.25) is 0 Å². The summed E-state index contributed by atoms with van der Waals surface area (Å²) < 4.78 is 0.803. The average molecular weight is 423 g/mol. The summed E-state index contributed by atoms with van der Waals surface area (Å²) in [6, 6.07) is -2.09. The number of hydrogen-bond acceptors (Lipinski definition) is 7. The predicted molar refractivity (Wildman–Crippen MR) is 79.2 cm³/mol. The van der Waals surface area contributed by atoms with Gasteiger partial charge in [-0.3, -0.25) is 30.6 Å². The summed E-state index contributed by atoms with van der Waals surface area (Å²) in [7, 11) is 0. The van der Waals surface area contributed by atoms with Gasteiger partial charge in [-0.15, -0.1) is 0 Å². The highest BCUT2D eigenvalue weighted by Crippen LogP contribution is 2.37. The second kappa shape index (κ2) is 5.25. The van der Waals surface area contributed by atoms with Crippen LogP contribution < -0.4 is 16.2 Å². The van der Waals surface area contributed by atoms with E-state index in [0.29, 0.717) is 4.48 Å². The van der Waals surface area contributed by atoms with E-state index in [4.69, 9.17) is 0 Å². The van der Waals surface area contributed by atoms with Crippen LogP contribution in [0.3, 0.4) is 0 Å². The van der Waals surface area contributed by atoms with Crippen LogP contribution in [0.1, 0.15) is 0 Å². The standard InChI is InChI=1S/C10H9Br2N5O4/c11-2-1-3-5(8(4(2)12)17(20)21)14-7-6(13-3)9(18)15-16-10(7)19/h1,3,5-6,9,13,15,18H,(H,16,19). The molecule has 0 aromatic heterocycles. The number of nitro groups is 1. The van der Waals surface area contributed by atoms with Crippen molar-refractivity contribution in [1.82, 2.24) is 16.2 Å². The minimum Gasteiger partial charge on any atom is -0.375 e. The first-order valence-corrected chi connectivity index (χ1v) is 7.48. The van der Waals surface area contributed by atoms with Crippen LogP contribution in [0.5, 0.6) is 0 Å². The molecule has 21 heavy (non-hydrogen) atoms. The molecule has 4 N–H and O–H groups in total. The van der Waals surface area contributed by atoms with Gasteiger partial charge >= 0.3 is 0 Å². The van der Waals surface area contributed by atoms with Crippen molar-refractivity contribution in [3.8, 4) is 0 Å². The Kier molecular flexibility index (Phi) is 3.69. The lowest BCUT2D eigenvalue weighted by Gasteiger charge is -2.39. The lowest BCUT2D eigenvalue weighted by Crippen LogP contribution is -2.70. The Morgan fingerprint density at radius 3 is 2.81 bits per heavy atom. The van der Waals surface area contributed by atoms with E-state index in [-0.39, 0.29) is 15.9 Å². The molecule has 3 aliphatic rings. The third kappa shape index (κ3) is 2.34. The minimum atomic E-state index is -1.07. The van der Waals surface area contributed by atoms with Crippen molar-refractivity contribution in [1.29, 1.82) is 0 Å². The van der Waals surface area contributed by atoms with Crippen molar-refractivity contribution in [3.05, 3.63) is 30.9 Å². The van der Waals surface area contributed by atoms with E-state index in [1.807, 2.05) is 0 Å². The number of carbonyl (C=O) groups excluding carboxylic acids is 1. The highest BCUT2D eigenvalue weighted by atomic mass is 79.9. The van der Waals surface area contributed by atoms with E-state index in [9.17, 15) is 20.0 Å². The first kappa shape index (κ1) is 14.8. The van der Waals surface area contributed by atoms with Crippen molar-refractivity contribution < 1.29 is 14.8 Å². The van der Waals surface area contributed by atoms with Gasteiger partial charge in [-0.25, -0.2) is 5.43 Å². The van der Waals surface area contributed by atoms with E-state index in [2.05, 4.69) is 53.0 Å². The maximum absolute atomic E-state index is 11.8. The van der Waals surface area contributed by atoms with Crippen molar-refractivity contribution in [3.63, 3.8) is 0 Å². The maximum atomic E-state index is 11.8. The number of carbonyl (C=O) groups is 1. The van der Waals surface area contributed by atoms with E-state index in [1.54, 1.807) is 6.08 Å². The maximum Gasteiger partial charge on any atom is 0.287 e. The zero-order valence-electron chi connectivity index (χ0n) is 10.2. The van der Waals surface area contributed by atoms with Gasteiger partial charge in [-0.2, -0.15) is 0 Å². The fraction of sp³-hybridized carbons (Fsp3) is 0.400. The van der Waals surface area contributed by atoms with Crippen LogP contribution in [0.4, 0.5) is 0 Å². The smallest absolute Gasteiger partial charge is 0.287 e. The fourth-order valence-corrected chi connectivity index (χ4v) is 3.46. The molecule has 9 nitrogen and oxygen atoms in total. The Labute approximate surface area is 134 Å². The molecule has 1 aliphatic carbocycles. The van der Waals surface area contributed by atoms with Gasteiger partial charge in [-0.05, 0) is 37.9 Å². The molecule has 1 fully saturated rings. The van der Waals surface area contributed by atoms with E-state index < -0.39 is 35.2 Å². The van der Waals surface area contributed by atoms with Crippen LogP contribution in [0, 0.1) is 10.1 Å². The molecule has 0 saturated carbocycles. The highest BCUT2D eigenvalue weighted by Gasteiger charge is 2.47. The number of aliphatic imine (C=N–C) groups is 1. The SMILES string of the molecule is O=C1NNC(O)C2NC3C=C(Br)C(Br)=C([N+](=O)[O-])C3N=C12. The first-order valence-electron chi connectivity index (χ1n) is 5.89. The Morgan fingerprint density at radius 1 is 1.43 bits per heavy atom. The normalized spacial score (nSPS) is 35.3. The molecule has 4 atom stereocenters. The molecule has 4 unspecified atom stereocenters. The fourth-order valence-electron chi connectivity index (χ4n) is 2.46. The molecule has 1 amide bonds. The topological polar surface area (TPSA) is 129 Å². The van der Waals surface area contributed by atoms with Crippen molar-refractivity contribution >= 4 is 43.5 Å². The third-order valence-corrected chi connectivity index (χ3v) is 5.43. The Morgan fingerprint density at radius 2 is 2.14 bits per heavy atom. The summed E-state index contributed by atoms with van der Waals surface area (Å²) >= 11 is 6.41. The second-order valence-corrected chi connectivity index (χ2v) is 6.29. The number of aliphatic hydroxyl groups is 1. The molecule has 0 aromatic carbocycles. The number of hydrazine groups is 1. The van der Waals surface area contributed by atoms with E-state index >= 15 is 0 Å². The van der Waals surface area contributed by atoms with Crippen molar-refractivity contribution in [2.24, 2.45) is 4.99 Å². The van der Waals surface area contributed by atoms with Gasteiger partial charge < -0.3 is 5.11 Å². The van der Waals surface area contributed by atoms with Gasteiger partial charge in [0.1, 0.15) is 16.4 Å². The van der Waals surface area contributed by atoms with Gasteiger partial charge in [0, 0.05) is 4.48 Å². The number of rotatable bonds is 1. The summed E-state index contributed by atoms with van der Waals surface area (Å²) in [4.78, 5) is 26.7. The number of nitrogens with zero attached hydrogens (tertiary/aromatic N) is 2. The Bertz CT molecular complexity index is 631. The van der Waals surface area contributed by atoms with Gasteiger partial charge in [-0.1, -0.05) is 0 Å². The number of fused-ring (bicyclic) bond motifs is 2. The van der Waals surface area contributed by atoms with Crippen molar-refractivity contribution in [2.45, 2.75) is 24.4 Å². The molecule has 0 radical (unpaired) electrons. The highest BCUT2D eigenvalue weighted by molar-refractivity contribution is 9.15. The Balaban J connectivity index is 2.09. The molecule has 0 aromatic rings. The van der Waals surface area contributed by atoms with Gasteiger partial charge in [0.05, 0.1) is 17.0 Å². The molecule has 2 aliphatic heterocycles. The molecular formula is C10H9Br2N5O4. The van der Waals surface area contributed by atoms with Crippen LogP contribution in [0.2, 0.25) is 0 Å². The third-order valence-electron chi connectivity index (χ3n) is 3.40. The van der Waals surface area contributed by atoms with Crippen LogP contribution in [0.25, 0.3) is 0 Å². The number of amides is 1. The molecule has 3 rings (SSSR count). The van der Waals surface area contributed by atoms with Crippen LogP contribution >= 0.6 is 31.9 Å². The van der Waals surface area contributed by atoms with Crippen molar-refractivity contribution in [2.75, 3.05) is 0 Å². The molecule has 11 heteroatoms. The number of aliphatic hydroxyl groups excluding tert-OH is 1. The predicted octanol–water partition coefficient (Wildman–Crippen LogP) is -0.735. The number of allylic oxidation sites excluding steroid dienone is 2. The summed E-state index contributed by atoms with van der Waals surface area (Å²) in [5.74, 6) is -0.524. The summed E-state index contributed by atoms with van der Waals surface area (Å²) in [5, 5.41) is 24.1.